The lowest BCUT2D eigenvalue weighted by atomic mass is 9.84. The molecule has 0 bridgehead atoms. The van der Waals surface area contributed by atoms with E-state index in [1.807, 2.05) is 13.0 Å². The van der Waals surface area contributed by atoms with Crippen LogP contribution in [0.15, 0.2) is 30.3 Å². The SMILES string of the molecule is COCC(C)OCC(O)CNCC(C)(C)c1ccccc1. The van der Waals surface area contributed by atoms with Crippen LogP contribution in [0, 0.1) is 0 Å². The topological polar surface area (TPSA) is 50.7 Å². The Balaban J connectivity index is 2.26. The number of benzene rings is 1. The highest BCUT2D eigenvalue weighted by molar-refractivity contribution is 5.23. The lowest BCUT2D eigenvalue weighted by Crippen LogP contribution is -2.39. The van der Waals surface area contributed by atoms with Crippen LogP contribution in [0.5, 0.6) is 0 Å². The quantitative estimate of drug-likeness (QED) is 0.693. The van der Waals surface area contributed by atoms with Gasteiger partial charge in [0.1, 0.15) is 0 Å². The summed E-state index contributed by atoms with van der Waals surface area (Å²) < 4.78 is 10.5. The number of nitrogens with one attached hydrogen (secondary N) is 1. The van der Waals surface area contributed by atoms with Crippen molar-refractivity contribution in [2.24, 2.45) is 0 Å². The first-order valence-electron chi connectivity index (χ1n) is 7.50. The molecule has 2 unspecified atom stereocenters. The van der Waals surface area contributed by atoms with Crippen LogP contribution < -0.4 is 5.32 Å². The van der Waals surface area contributed by atoms with Crippen molar-refractivity contribution in [1.29, 1.82) is 0 Å². The van der Waals surface area contributed by atoms with Crippen molar-refractivity contribution in [3.05, 3.63) is 35.9 Å². The normalized spacial score (nSPS) is 14.9. The van der Waals surface area contributed by atoms with E-state index in [0.717, 1.165) is 6.54 Å². The summed E-state index contributed by atoms with van der Waals surface area (Å²) in [5.41, 5.74) is 1.32. The third-order valence-electron chi connectivity index (χ3n) is 3.48. The molecule has 2 atom stereocenters. The van der Waals surface area contributed by atoms with Gasteiger partial charge < -0.3 is 19.9 Å². The molecular weight excluding hydrogens is 266 g/mol. The first kappa shape index (κ1) is 18.1. The number of rotatable bonds is 10. The van der Waals surface area contributed by atoms with Gasteiger partial charge in [0.2, 0.25) is 0 Å². The fraction of sp³-hybridized carbons (Fsp3) is 0.647. The summed E-state index contributed by atoms with van der Waals surface area (Å²) in [7, 11) is 1.64. The summed E-state index contributed by atoms with van der Waals surface area (Å²) in [5.74, 6) is 0. The maximum atomic E-state index is 9.91. The average Bonchev–Trinajstić information content (AvgIpc) is 2.46. The van der Waals surface area contributed by atoms with Crippen LogP contribution in [-0.4, -0.2) is 50.7 Å². The molecule has 1 aromatic carbocycles. The van der Waals surface area contributed by atoms with E-state index >= 15 is 0 Å². The van der Waals surface area contributed by atoms with Crippen molar-refractivity contribution in [1.82, 2.24) is 5.32 Å². The zero-order valence-corrected chi connectivity index (χ0v) is 13.6. The molecule has 2 N–H and O–H groups in total. The predicted molar refractivity (Wildman–Crippen MR) is 85.6 cm³/mol. The van der Waals surface area contributed by atoms with Gasteiger partial charge in [0, 0.05) is 25.6 Å². The van der Waals surface area contributed by atoms with Gasteiger partial charge in [0.25, 0.3) is 0 Å². The van der Waals surface area contributed by atoms with Crippen LogP contribution in [0.1, 0.15) is 26.3 Å². The fourth-order valence-corrected chi connectivity index (χ4v) is 2.16. The predicted octanol–water partition coefficient (Wildman–Crippen LogP) is 1.97. The Kier molecular flexibility index (Phi) is 7.89. The van der Waals surface area contributed by atoms with Crippen molar-refractivity contribution in [3.63, 3.8) is 0 Å². The van der Waals surface area contributed by atoms with E-state index in [9.17, 15) is 5.11 Å². The third-order valence-corrected chi connectivity index (χ3v) is 3.48. The Hall–Kier alpha value is -0.940. The molecule has 21 heavy (non-hydrogen) atoms. The van der Waals surface area contributed by atoms with Gasteiger partial charge in [-0.05, 0) is 12.5 Å². The van der Waals surface area contributed by atoms with E-state index in [-0.39, 0.29) is 11.5 Å². The van der Waals surface area contributed by atoms with Crippen LogP contribution in [0.4, 0.5) is 0 Å². The average molecular weight is 295 g/mol. The second-order valence-corrected chi connectivity index (χ2v) is 6.13. The standard InChI is InChI=1S/C17H29NO3/c1-14(11-20-4)21-12-16(19)10-18-13-17(2,3)15-8-6-5-7-9-15/h5-9,14,16,18-19H,10-13H2,1-4H3. The fourth-order valence-electron chi connectivity index (χ4n) is 2.16. The van der Waals surface area contributed by atoms with E-state index < -0.39 is 6.10 Å². The Morgan fingerprint density at radius 3 is 2.48 bits per heavy atom. The first-order chi connectivity index (χ1) is 9.95. The van der Waals surface area contributed by atoms with Crippen molar-refractivity contribution in [3.8, 4) is 0 Å². The summed E-state index contributed by atoms with van der Waals surface area (Å²) in [6.45, 7) is 8.52. The Morgan fingerprint density at radius 2 is 1.86 bits per heavy atom. The monoisotopic (exact) mass is 295 g/mol. The zero-order valence-electron chi connectivity index (χ0n) is 13.6. The molecule has 0 aliphatic rings. The number of aliphatic hydroxyl groups excluding tert-OH is 1. The maximum absolute atomic E-state index is 9.91. The highest BCUT2D eigenvalue weighted by Gasteiger charge is 2.20. The minimum Gasteiger partial charge on any atom is -0.389 e. The van der Waals surface area contributed by atoms with Crippen LogP contribution in [0.3, 0.4) is 0 Å². The van der Waals surface area contributed by atoms with Crippen LogP contribution in [-0.2, 0) is 14.9 Å². The van der Waals surface area contributed by atoms with Crippen molar-refractivity contribution < 1.29 is 14.6 Å². The summed E-state index contributed by atoms with van der Waals surface area (Å²) >= 11 is 0. The van der Waals surface area contributed by atoms with Crippen LogP contribution >= 0.6 is 0 Å². The number of hydrogen-bond acceptors (Lipinski definition) is 4. The molecular formula is C17H29NO3. The summed E-state index contributed by atoms with van der Waals surface area (Å²) in [6, 6.07) is 10.4. The van der Waals surface area contributed by atoms with Crippen LogP contribution in [0.25, 0.3) is 0 Å². The van der Waals surface area contributed by atoms with E-state index in [0.29, 0.717) is 19.8 Å². The van der Waals surface area contributed by atoms with E-state index in [2.05, 4.69) is 43.4 Å². The van der Waals surface area contributed by atoms with Crippen molar-refractivity contribution in [2.75, 3.05) is 33.4 Å². The largest absolute Gasteiger partial charge is 0.389 e. The molecule has 0 amide bonds. The minimum atomic E-state index is -0.504. The summed E-state index contributed by atoms with van der Waals surface area (Å²) in [6.07, 6.45) is -0.499. The third kappa shape index (κ3) is 7.05. The highest BCUT2D eigenvalue weighted by Crippen LogP contribution is 2.21. The van der Waals surface area contributed by atoms with Gasteiger partial charge >= 0.3 is 0 Å². The molecule has 0 radical (unpaired) electrons. The molecule has 0 saturated carbocycles. The molecule has 0 saturated heterocycles. The lowest BCUT2D eigenvalue weighted by molar-refractivity contribution is -0.0312. The number of methoxy groups -OCH3 is 1. The van der Waals surface area contributed by atoms with Gasteiger partial charge in [0.05, 0.1) is 25.4 Å². The lowest BCUT2D eigenvalue weighted by Gasteiger charge is -2.26. The van der Waals surface area contributed by atoms with Crippen LogP contribution in [0.2, 0.25) is 0 Å². The van der Waals surface area contributed by atoms with Gasteiger partial charge in [-0.25, -0.2) is 0 Å². The zero-order chi connectivity index (χ0) is 15.7. The van der Waals surface area contributed by atoms with Gasteiger partial charge in [-0.1, -0.05) is 44.2 Å². The van der Waals surface area contributed by atoms with Gasteiger partial charge in [-0.15, -0.1) is 0 Å². The Morgan fingerprint density at radius 1 is 1.19 bits per heavy atom. The molecule has 1 rings (SSSR count). The number of aliphatic hydroxyl groups is 1. The first-order valence-corrected chi connectivity index (χ1v) is 7.50. The maximum Gasteiger partial charge on any atom is 0.0897 e. The molecule has 1 aromatic rings. The number of ether oxygens (including phenoxy) is 2. The number of hydrogen-bond donors (Lipinski definition) is 2. The molecule has 4 heteroatoms. The van der Waals surface area contributed by atoms with E-state index in [1.54, 1.807) is 7.11 Å². The second-order valence-electron chi connectivity index (χ2n) is 6.13. The van der Waals surface area contributed by atoms with Crippen molar-refractivity contribution in [2.45, 2.75) is 38.4 Å². The molecule has 120 valence electrons. The Bertz CT molecular complexity index is 381. The smallest absolute Gasteiger partial charge is 0.0897 e. The van der Waals surface area contributed by atoms with Crippen molar-refractivity contribution >= 4 is 0 Å². The van der Waals surface area contributed by atoms with Gasteiger partial charge in [-0.3, -0.25) is 0 Å². The molecule has 0 aliphatic heterocycles. The van der Waals surface area contributed by atoms with E-state index in [1.165, 1.54) is 5.56 Å². The molecule has 0 aromatic heterocycles. The molecule has 4 nitrogen and oxygen atoms in total. The summed E-state index contributed by atoms with van der Waals surface area (Å²) in [4.78, 5) is 0. The molecule has 0 heterocycles. The second kappa shape index (κ2) is 9.15. The molecule has 0 aliphatic carbocycles. The van der Waals surface area contributed by atoms with Gasteiger partial charge in [0.15, 0.2) is 0 Å². The van der Waals surface area contributed by atoms with Gasteiger partial charge in [-0.2, -0.15) is 0 Å². The Labute approximate surface area is 128 Å². The minimum absolute atomic E-state index is 0.00501. The molecule has 0 spiro atoms. The van der Waals surface area contributed by atoms with E-state index in [4.69, 9.17) is 9.47 Å². The summed E-state index contributed by atoms with van der Waals surface area (Å²) in [5, 5.41) is 13.2. The highest BCUT2D eigenvalue weighted by atomic mass is 16.5. The molecule has 0 fully saturated rings.